The minimum absolute atomic E-state index is 0.0318. The molecule has 3 rings (SSSR count). The molecular weight excluding hydrogens is 250 g/mol. The number of rotatable bonds is 1. The van der Waals surface area contributed by atoms with E-state index in [4.69, 9.17) is 0 Å². The minimum atomic E-state index is -0.160. The van der Waals surface area contributed by atoms with E-state index in [0.29, 0.717) is 5.69 Å². The molecule has 0 spiro atoms. The minimum Gasteiger partial charge on any atom is -0.274 e. The third-order valence-electron chi connectivity index (χ3n) is 4.63. The molecule has 1 aromatic rings. The van der Waals surface area contributed by atoms with Crippen LogP contribution in [0.3, 0.4) is 0 Å². The first-order valence-electron chi connectivity index (χ1n) is 7.08. The maximum Gasteiger partial charge on any atom is 0.238 e. The fourth-order valence-corrected chi connectivity index (χ4v) is 3.20. The van der Waals surface area contributed by atoms with Crippen LogP contribution < -0.4 is 4.90 Å². The Morgan fingerprint density at radius 1 is 0.850 bits per heavy atom. The normalized spacial score (nSPS) is 26.2. The zero-order chi connectivity index (χ0) is 14.4. The summed E-state index contributed by atoms with van der Waals surface area (Å²) in [5.74, 6) is -0.383. The van der Waals surface area contributed by atoms with Gasteiger partial charge >= 0.3 is 0 Å². The Morgan fingerprint density at radius 3 is 1.75 bits per heavy atom. The lowest BCUT2D eigenvalue weighted by Crippen LogP contribution is -2.30. The quantitative estimate of drug-likeness (QED) is 0.580. The van der Waals surface area contributed by atoms with Gasteiger partial charge in [0.05, 0.1) is 17.5 Å². The molecule has 1 aromatic carbocycles. The summed E-state index contributed by atoms with van der Waals surface area (Å²) >= 11 is 0. The van der Waals surface area contributed by atoms with Crippen LogP contribution in [0.4, 0.5) is 5.69 Å². The van der Waals surface area contributed by atoms with E-state index < -0.39 is 0 Å². The number of anilines is 1. The van der Waals surface area contributed by atoms with Crippen LogP contribution >= 0.6 is 0 Å². The number of benzene rings is 1. The van der Waals surface area contributed by atoms with Crippen molar-refractivity contribution in [1.29, 1.82) is 0 Å². The maximum absolute atomic E-state index is 12.6. The molecule has 0 unspecified atom stereocenters. The summed E-state index contributed by atoms with van der Waals surface area (Å²) in [5.41, 5.74) is 4.35. The van der Waals surface area contributed by atoms with E-state index in [1.54, 1.807) is 0 Å². The van der Waals surface area contributed by atoms with Crippen molar-refractivity contribution in [1.82, 2.24) is 0 Å². The molecule has 1 heterocycles. The molecule has 1 aliphatic carbocycles. The molecule has 0 saturated carbocycles. The van der Waals surface area contributed by atoms with Crippen LogP contribution in [0.5, 0.6) is 0 Å². The Bertz CT molecular complexity index is 580. The van der Waals surface area contributed by atoms with Crippen LogP contribution in [-0.4, -0.2) is 11.8 Å². The average molecular weight is 269 g/mol. The Balaban J connectivity index is 1.95. The molecular formula is C17H19NO2. The van der Waals surface area contributed by atoms with Gasteiger partial charge in [0.1, 0.15) is 0 Å². The lowest BCUT2D eigenvalue weighted by atomic mass is 9.78. The highest BCUT2D eigenvalue weighted by atomic mass is 16.2. The SMILES string of the molecule is CC1=C(C)C[C@@H]2C(=O)N(c3ccc(C)cc3)C(=O)[C@H]2C1. The zero-order valence-corrected chi connectivity index (χ0v) is 12.1. The van der Waals surface area contributed by atoms with Gasteiger partial charge in [0.25, 0.3) is 0 Å². The number of aryl methyl sites for hydroxylation is 1. The number of allylic oxidation sites excluding steroid dienone is 2. The molecule has 3 nitrogen and oxygen atoms in total. The molecule has 104 valence electrons. The molecule has 3 heteroatoms. The molecule has 1 saturated heterocycles. The van der Waals surface area contributed by atoms with E-state index in [9.17, 15) is 9.59 Å². The molecule has 0 N–H and O–H groups in total. The molecule has 2 atom stereocenters. The van der Waals surface area contributed by atoms with Crippen molar-refractivity contribution in [3.05, 3.63) is 41.0 Å². The zero-order valence-electron chi connectivity index (χ0n) is 12.1. The van der Waals surface area contributed by atoms with Gasteiger partial charge in [-0.25, -0.2) is 0 Å². The van der Waals surface area contributed by atoms with Crippen molar-refractivity contribution >= 4 is 17.5 Å². The average Bonchev–Trinajstić information content (AvgIpc) is 2.65. The number of imide groups is 1. The van der Waals surface area contributed by atoms with E-state index in [-0.39, 0.29) is 23.7 Å². The molecule has 2 aliphatic rings. The van der Waals surface area contributed by atoms with Gasteiger partial charge in [0.15, 0.2) is 0 Å². The van der Waals surface area contributed by atoms with Crippen LogP contribution in [-0.2, 0) is 9.59 Å². The highest BCUT2D eigenvalue weighted by Gasteiger charge is 2.49. The third kappa shape index (κ3) is 1.89. The lowest BCUT2D eigenvalue weighted by molar-refractivity contribution is -0.122. The van der Waals surface area contributed by atoms with Crippen LogP contribution in [0.15, 0.2) is 35.4 Å². The lowest BCUT2D eigenvalue weighted by Gasteiger charge is -2.23. The maximum atomic E-state index is 12.6. The van der Waals surface area contributed by atoms with Gasteiger partial charge in [0, 0.05) is 0 Å². The Labute approximate surface area is 119 Å². The van der Waals surface area contributed by atoms with E-state index in [1.807, 2.05) is 31.2 Å². The van der Waals surface area contributed by atoms with Crippen LogP contribution in [0.2, 0.25) is 0 Å². The molecule has 0 bridgehead atoms. The van der Waals surface area contributed by atoms with Crippen molar-refractivity contribution in [2.75, 3.05) is 4.90 Å². The summed E-state index contributed by atoms with van der Waals surface area (Å²) in [6.45, 7) is 6.13. The predicted octanol–water partition coefficient (Wildman–Crippen LogP) is 3.23. The van der Waals surface area contributed by atoms with Gasteiger partial charge in [0.2, 0.25) is 11.8 Å². The summed E-state index contributed by atoms with van der Waals surface area (Å²) in [7, 11) is 0. The summed E-state index contributed by atoms with van der Waals surface area (Å²) in [6.07, 6.45) is 1.45. The number of amides is 2. The Hall–Kier alpha value is -1.90. The monoisotopic (exact) mass is 269 g/mol. The summed E-state index contributed by atoms with van der Waals surface area (Å²) in [6, 6.07) is 7.59. The Kier molecular flexibility index (Phi) is 3.00. The van der Waals surface area contributed by atoms with Gasteiger partial charge in [-0.3, -0.25) is 14.5 Å². The van der Waals surface area contributed by atoms with Crippen molar-refractivity contribution in [2.24, 2.45) is 11.8 Å². The third-order valence-corrected chi connectivity index (χ3v) is 4.63. The fourth-order valence-electron chi connectivity index (χ4n) is 3.20. The van der Waals surface area contributed by atoms with Crippen molar-refractivity contribution < 1.29 is 9.59 Å². The van der Waals surface area contributed by atoms with Crippen molar-refractivity contribution in [3.8, 4) is 0 Å². The summed E-state index contributed by atoms with van der Waals surface area (Å²) < 4.78 is 0. The van der Waals surface area contributed by atoms with Crippen LogP contribution in [0, 0.1) is 18.8 Å². The van der Waals surface area contributed by atoms with Crippen molar-refractivity contribution in [3.63, 3.8) is 0 Å². The van der Waals surface area contributed by atoms with Gasteiger partial charge in [-0.2, -0.15) is 0 Å². The van der Waals surface area contributed by atoms with Crippen LogP contribution in [0.25, 0.3) is 0 Å². The van der Waals surface area contributed by atoms with E-state index in [2.05, 4.69) is 13.8 Å². The second-order valence-electron chi connectivity index (χ2n) is 6.03. The standard InChI is InChI=1S/C17H19NO2/c1-10-4-6-13(7-5-10)18-16(19)14-8-11(2)12(3)9-15(14)17(18)20/h4-7,14-15H,8-9H2,1-3H3/t14-,15-/m0/s1. The molecule has 1 aliphatic heterocycles. The number of hydrogen-bond acceptors (Lipinski definition) is 2. The van der Waals surface area contributed by atoms with E-state index in [1.165, 1.54) is 16.0 Å². The number of nitrogens with zero attached hydrogens (tertiary/aromatic N) is 1. The number of carbonyl (C=O) groups is 2. The second-order valence-corrected chi connectivity index (χ2v) is 6.03. The summed E-state index contributed by atoms with van der Waals surface area (Å²) in [5, 5.41) is 0. The highest BCUT2D eigenvalue weighted by molar-refractivity contribution is 6.22. The molecule has 2 amide bonds. The van der Waals surface area contributed by atoms with Gasteiger partial charge in [-0.15, -0.1) is 0 Å². The predicted molar refractivity (Wildman–Crippen MR) is 78.3 cm³/mol. The van der Waals surface area contributed by atoms with Gasteiger partial charge in [-0.05, 0) is 45.7 Å². The second kappa shape index (κ2) is 4.58. The molecule has 20 heavy (non-hydrogen) atoms. The van der Waals surface area contributed by atoms with E-state index >= 15 is 0 Å². The smallest absolute Gasteiger partial charge is 0.238 e. The Morgan fingerprint density at radius 2 is 1.30 bits per heavy atom. The first-order chi connectivity index (χ1) is 9.49. The number of carbonyl (C=O) groups excluding carboxylic acids is 2. The molecule has 1 fully saturated rings. The van der Waals surface area contributed by atoms with Gasteiger partial charge < -0.3 is 0 Å². The molecule has 0 radical (unpaired) electrons. The van der Waals surface area contributed by atoms with Crippen LogP contribution in [0.1, 0.15) is 32.3 Å². The number of hydrogen-bond donors (Lipinski definition) is 0. The summed E-state index contributed by atoms with van der Waals surface area (Å²) in [4.78, 5) is 26.5. The fraction of sp³-hybridized carbons (Fsp3) is 0.412. The topological polar surface area (TPSA) is 37.4 Å². The van der Waals surface area contributed by atoms with Gasteiger partial charge in [-0.1, -0.05) is 28.8 Å². The molecule has 0 aromatic heterocycles. The van der Waals surface area contributed by atoms with Crippen molar-refractivity contribution in [2.45, 2.75) is 33.6 Å². The highest BCUT2D eigenvalue weighted by Crippen LogP contribution is 2.42. The first-order valence-corrected chi connectivity index (χ1v) is 7.08. The number of fused-ring (bicyclic) bond motifs is 1. The largest absolute Gasteiger partial charge is 0.274 e. The first kappa shape index (κ1) is 13.1. The van der Waals surface area contributed by atoms with E-state index in [0.717, 1.165) is 18.4 Å².